The molecule has 5 nitrogen and oxygen atoms in total. The van der Waals surface area contributed by atoms with Gasteiger partial charge in [-0.2, -0.15) is 5.10 Å². The molecule has 1 N–H and O–H groups in total. The second-order valence-electron chi connectivity index (χ2n) is 5.56. The van der Waals surface area contributed by atoms with E-state index < -0.39 is 0 Å². The van der Waals surface area contributed by atoms with Crippen LogP contribution in [0.4, 0.5) is 0 Å². The number of para-hydroxylation sites is 1. The van der Waals surface area contributed by atoms with E-state index in [1.165, 1.54) is 0 Å². The van der Waals surface area contributed by atoms with Crippen molar-refractivity contribution in [3.05, 3.63) is 59.2 Å². The first-order valence-corrected chi connectivity index (χ1v) is 7.75. The third-order valence-electron chi connectivity index (χ3n) is 3.34. The van der Waals surface area contributed by atoms with E-state index in [9.17, 15) is 4.79 Å². The van der Waals surface area contributed by atoms with E-state index in [0.29, 0.717) is 17.1 Å². The molecule has 0 saturated carbocycles. The zero-order valence-electron chi connectivity index (χ0n) is 14.4. The maximum Gasteiger partial charge on any atom is 0.271 e. The molecule has 2 aromatic rings. The van der Waals surface area contributed by atoms with Crippen LogP contribution in [0.5, 0.6) is 11.5 Å². The number of nitrogens with one attached hydrogen (secondary N) is 1. The minimum Gasteiger partial charge on any atom is -0.493 e. The monoisotopic (exact) mass is 326 g/mol. The molecule has 0 aliphatic heterocycles. The van der Waals surface area contributed by atoms with Gasteiger partial charge in [0.1, 0.15) is 0 Å². The minimum atomic E-state index is -0.251. The predicted molar refractivity (Wildman–Crippen MR) is 95.0 cm³/mol. The van der Waals surface area contributed by atoms with Crippen molar-refractivity contribution in [1.82, 2.24) is 5.43 Å². The second kappa shape index (κ2) is 8.15. The van der Waals surface area contributed by atoms with E-state index in [1.807, 2.05) is 57.2 Å². The fourth-order valence-electron chi connectivity index (χ4n) is 2.21. The van der Waals surface area contributed by atoms with Crippen molar-refractivity contribution in [2.24, 2.45) is 5.10 Å². The molecule has 0 spiro atoms. The Morgan fingerprint density at radius 1 is 1.17 bits per heavy atom. The molecule has 0 bridgehead atoms. The van der Waals surface area contributed by atoms with Gasteiger partial charge in [-0.1, -0.05) is 24.3 Å². The van der Waals surface area contributed by atoms with Crippen LogP contribution in [0.25, 0.3) is 0 Å². The molecular formula is C19H22N2O3. The van der Waals surface area contributed by atoms with Crippen LogP contribution in [0, 0.1) is 6.92 Å². The molecular weight excluding hydrogens is 304 g/mol. The lowest BCUT2D eigenvalue weighted by atomic mass is 10.1. The summed E-state index contributed by atoms with van der Waals surface area (Å²) in [5.41, 5.74) is 4.76. The molecule has 0 fully saturated rings. The fraction of sp³-hybridized carbons (Fsp3) is 0.263. The zero-order valence-corrected chi connectivity index (χ0v) is 14.4. The molecule has 0 aliphatic rings. The Kier molecular flexibility index (Phi) is 5.95. The lowest BCUT2D eigenvalue weighted by Gasteiger charge is -2.15. The van der Waals surface area contributed by atoms with E-state index in [1.54, 1.807) is 19.4 Å². The maximum atomic E-state index is 12.2. The third-order valence-corrected chi connectivity index (χ3v) is 3.34. The average Bonchev–Trinajstić information content (AvgIpc) is 2.56. The van der Waals surface area contributed by atoms with Gasteiger partial charge in [0.15, 0.2) is 11.5 Å². The molecule has 24 heavy (non-hydrogen) atoms. The van der Waals surface area contributed by atoms with Crippen molar-refractivity contribution in [1.29, 1.82) is 0 Å². The van der Waals surface area contributed by atoms with Crippen LogP contribution in [0.1, 0.15) is 35.3 Å². The van der Waals surface area contributed by atoms with E-state index in [-0.39, 0.29) is 12.0 Å². The number of hydrogen-bond donors (Lipinski definition) is 1. The maximum absolute atomic E-state index is 12.2. The number of carbonyl (C=O) groups is 1. The van der Waals surface area contributed by atoms with Gasteiger partial charge in [-0.15, -0.1) is 0 Å². The van der Waals surface area contributed by atoms with Crippen molar-refractivity contribution < 1.29 is 14.3 Å². The third kappa shape index (κ3) is 4.35. The Balaban J connectivity index is 2.17. The predicted octanol–water partition coefficient (Wildman–Crippen LogP) is 3.55. The normalized spacial score (nSPS) is 10.9. The first kappa shape index (κ1) is 17.5. The smallest absolute Gasteiger partial charge is 0.271 e. The van der Waals surface area contributed by atoms with Gasteiger partial charge in [0.2, 0.25) is 0 Å². The van der Waals surface area contributed by atoms with Crippen molar-refractivity contribution in [3.63, 3.8) is 0 Å². The number of benzene rings is 2. The number of amides is 1. The summed E-state index contributed by atoms with van der Waals surface area (Å²) in [6.07, 6.45) is 1.55. The lowest BCUT2D eigenvalue weighted by molar-refractivity contribution is 0.0954. The highest BCUT2D eigenvalue weighted by Gasteiger charge is 2.11. The van der Waals surface area contributed by atoms with Gasteiger partial charge in [-0.05, 0) is 44.5 Å². The summed E-state index contributed by atoms with van der Waals surface area (Å²) in [6.45, 7) is 5.76. The summed E-state index contributed by atoms with van der Waals surface area (Å²) in [7, 11) is 1.59. The minimum absolute atomic E-state index is 0.00462. The standard InChI is InChI=1S/C19H22N2O3/c1-13(2)24-18-15(9-7-11-17(18)23-4)12-20-21-19(22)16-10-6-5-8-14(16)3/h5-13H,1-4H3,(H,21,22)/b20-12-. The van der Waals surface area contributed by atoms with Crippen molar-refractivity contribution in [2.75, 3.05) is 7.11 Å². The number of hydrogen-bond acceptors (Lipinski definition) is 4. The van der Waals surface area contributed by atoms with Gasteiger partial charge in [0.25, 0.3) is 5.91 Å². The Morgan fingerprint density at radius 3 is 2.58 bits per heavy atom. The highest BCUT2D eigenvalue weighted by molar-refractivity contribution is 5.96. The molecule has 0 saturated heterocycles. The summed E-state index contributed by atoms with van der Waals surface area (Å²) < 4.78 is 11.1. The molecule has 0 heterocycles. The van der Waals surface area contributed by atoms with Crippen LogP contribution in [-0.2, 0) is 0 Å². The van der Waals surface area contributed by atoms with Crippen LogP contribution >= 0.6 is 0 Å². The summed E-state index contributed by atoms with van der Waals surface area (Å²) in [5.74, 6) is 0.973. The number of ether oxygens (including phenoxy) is 2. The van der Waals surface area contributed by atoms with Gasteiger partial charge >= 0.3 is 0 Å². The largest absolute Gasteiger partial charge is 0.493 e. The van der Waals surface area contributed by atoms with E-state index >= 15 is 0 Å². The summed E-state index contributed by atoms with van der Waals surface area (Å²) >= 11 is 0. The number of hydrazone groups is 1. The zero-order chi connectivity index (χ0) is 17.5. The van der Waals surface area contributed by atoms with Gasteiger partial charge < -0.3 is 9.47 Å². The van der Waals surface area contributed by atoms with Crippen molar-refractivity contribution in [2.45, 2.75) is 26.9 Å². The molecule has 0 aromatic heterocycles. The highest BCUT2D eigenvalue weighted by Crippen LogP contribution is 2.30. The van der Waals surface area contributed by atoms with Crippen molar-refractivity contribution in [3.8, 4) is 11.5 Å². The topological polar surface area (TPSA) is 59.9 Å². The summed E-state index contributed by atoms with van der Waals surface area (Å²) in [5, 5.41) is 4.04. The Hall–Kier alpha value is -2.82. The molecule has 0 atom stereocenters. The summed E-state index contributed by atoms with van der Waals surface area (Å²) in [6, 6.07) is 12.9. The molecule has 2 rings (SSSR count). The SMILES string of the molecule is COc1cccc(/C=N\NC(=O)c2ccccc2C)c1OC(C)C. The number of aryl methyl sites for hydroxylation is 1. The van der Waals surface area contributed by atoms with Crippen molar-refractivity contribution >= 4 is 12.1 Å². The molecule has 0 radical (unpaired) electrons. The number of methoxy groups -OCH3 is 1. The van der Waals surface area contributed by atoms with E-state index in [2.05, 4.69) is 10.5 Å². The van der Waals surface area contributed by atoms with Crippen LogP contribution < -0.4 is 14.9 Å². The quantitative estimate of drug-likeness (QED) is 0.652. The second-order valence-corrected chi connectivity index (χ2v) is 5.56. The highest BCUT2D eigenvalue weighted by atomic mass is 16.5. The fourth-order valence-corrected chi connectivity index (χ4v) is 2.21. The van der Waals surface area contributed by atoms with Gasteiger partial charge in [-0.25, -0.2) is 5.43 Å². The van der Waals surface area contributed by atoms with Crippen LogP contribution in [-0.4, -0.2) is 25.3 Å². The number of nitrogens with zero attached hydrogens (tertiary/aromatic N) is 1. The molecule has 1 amide bonds. The number of rotatable bonds is 6. The van der Waals surface area contributed by atoms with Gasteiger partial charge in [0.05, 0.1) is 19.4 Å². The van der Waals surface area contributed by atoms with Crippen LogP contribution in [0.15, 0.2) is 47.6 Å². The van der Waals surface area contributed by atoms with Crippen LogP contribution in [0.3, 0.4) is 0 Å². The lowest BCUT2D eigenvalue weighted by Crippen LogP contribution is -2.18. The van der Waals surface area contributed by atoms with Crippen LogP contribution in [0.2, 0.25) is 0 Å². The Bertz CT molecular complexity index is 739. The molecule has 126 valence electrons. The van der Waals surface area contributed by atoms with Gasteiger partial charge in [-0.3, -0.25) is 4.79 Å². The Labute approximate surface area is 142 Å². The molecule has 0 unspecified atom stereocenters. The molecule has 0 aliphatic carbocycles. The Morgan fingerprint density at radius 2 is 1.92 bits per heavy atom. The number of carbonyl (C=O) groups excluding carboxylic acids is 1. The van der Waals surface area contributed by atoms with Gasteiger partial charge in [0, 0.05) is 11.1 Å². The van der Waals surface area contributed by atoms with E-state index in [4.69, 9.17) is 9.47 Å². The molecule has 5 heteroatoms. The molecule has 2 aromatic carbocycles. The first-order valence-electron chi connectivity index (χ1n) is 7.75. The summed E-state index contributed by atoms with van der Waals surface area (Å²) in [4.78, 5) is 12.2. The average molecular weight is 326 g/mol. The first-order chi connectivity index (χ1) is 11.5. The van der Waals surface area contributed by atoms with E-state index in [0.717, 1.165) is 11.1 Å².